The summed E-state index contributed by atoms with van der Waals surface area (Å²) < 4.78 is 34.3. The molecule has 0 atom stereocenters. The highest BCUT2D eigenvalue weighted by atomic mass is 19.3. The minimum Gasteiger partial charge on any atom is -0.492 e. The summed E-state index contributed by atoms with van der Waals surface area (Å²) in [6.45, 7) is 8.93. The SMILES string of the molecule is CC.CCc1cc(C(C)(F)F)cn2c(=O)c(C)c(C3=CCCCO3)nc12. The average molecular weight is 364 g/mol. The van der Waals surface area contributed by atoms with E-state index in [9.17, 15) is 13.6 Å². The van der Waals surface area contributed by atoms with Crippen LogP contribution in [0.2, 0.25) is 0 Å². The zero-order valence-corrected chi connectivity index (χ0v) is 16.0. The molecule has 0 saturated heterocycles. The van der Waals surface area contributed by atoms with Crippen molar-refractivity contribution in [3.8, 4) is 0 Å². The van der Waals surface area contributed by atoms with Gasteiger partial charge >= 0.3 is 0 Å². The molecule has 0 saturated carbocycles. The van der Waals surface area contributed by atoms with Gasteiger partial charge in [-0.3, -0.25) is 9.20 Å². The Labute approximate surface area is 152 Å². The molecule has 142 valence electrons. The largest absolute Gasteiger partial charge is 0.492 e. The summed E-state index contributed by atoms with van der Waals surface area (Å²) in [7, 11) is 0. The zero-order valence-electron chi connectivity index (χ0n) is 16.0. The van der Waals surface area contributed by atoms with Crippen molar-refractivity contribution in [1.82, 2.24) is 9.38 Å². The minimum atomic E-state index is -3.01. The molecule has 6 heteroatoms. The van der Waals surface area contributed by atoms with Crippen molar-refractivity contribution in [1.29, 1.82) is 0 Å². The zero-order chi connectivity index (χ0) is 19.5. The van der Waals surface area contributed by atoms with Crippen molar-refractivity contribution in [2.24, 2.45) is 0 Å². The van der Waals surface area contributed by atoms with Gasteiger partial charge in [0.2, 0.25) is 0 Å². The van der Waals surface area contributed by atoms with Crippen molar-refractivity contribution < 1.29 is 13.5 Å². The molecule has 1 aliphatic heterocycles. The topological polar surface area (TPSA) is 43.6 Å². The lowest BCUT2D eigenvalue weighted by Gasteiger charge is -2.18. The van der Waals surface area contributed by atoms with Gasteiger partial charge < -0.3 is 4.74 Å². The van der Waals surface area contributed by atoms with E-state index < -0.39 is 5.92 Å². The van der Waals surface area contributed by atoms with Crippen LogP contribution in [-0.4, -0.2) is 16.0 Å². The predicted octanol–water partition coefficient (Wildman–Crippen LogP) is 4.85. The molecule has 0 aromatic carbocycles. The Morgan fingerprint density at radius 2 is 2.04 bits per heavy atom. The van der Waals surface area contributed by atoms with Crippen molar-refractivity contribution in [3.63, 3.8) is 0 Å². The number of nitrogens with zero attached hydrogens (tertiary/aromatic N) is 2. The van der Waals surface area contributed by atoms with E-state index in [4.69, 9.17) is 4.74 Å². The smallest absolute Gasteiger partial charge is 0.271 e. The van der Waals surface area contributed by atoms with E-state index in [1.54, 1.807) is 6.92 Å². The van der Waals surface area contributed by atoms with Crippen LogP contribution >= 0.6 is 0 Å². The van der Waals surface area contributed by atoms with E-state index in [1.165, 1.54) is 16.7 Å². The molecule has 4 nitrogen and oxygen atoms in total. The maximum Gasteiger partial charge on any atom is 0.271 e. The Balaban J connectivity index is 0.00000117. The second kappa shape index (κ2) is 7.98. The number of allylic oxidation sites excluding steroid dienone is 1. The normalized spacial score (nSPS) is 14.3. The number of pyridine rings is 1. The number of aryl methyl sites for hydroxylation is 1. The first-order valence-corrected chi connectivity index (χ1v) is 9.10. The third-order valence-electron chi connectivity index (χ3n) is 4.28. The van der Waals surface area contributed by atoms with Gasteiger partial charge in [-0.2, -0.15) is 0 Å². The minimum absolute atomic E-state index is 0.184. The maximum absolute atomic E-state index is 13.7. The Hall–Kier alpha value is -2.24. The van der Waals surface area contributed by atoms with Gasteiger partial charge in [0, 0.05) is 24.2 Å². The van der Waals surface area contributed by atoms with Gasteiger partial charge in [-0.05, 0) is 43.9 Å². The van der Waals surface area contributed by atoms with E-state index in [0.717, 1.165) is 19.8 Å². The molecule has 3 rings (SSSR count). The molecule has 0 bridgehead atoms. The van der Waals surface area contributed by atoms with Gasteiger partial charge in [-0.25, -0.2) is 13.8 Å². The lowest BCUT2D eigenvalue weighted by Crippen LogP contribution is -2.23. The van der Waals surface area contributed by atoms with Crippen LogP contribution in [0.1, 0.15) is 62.9 Å². The van der Waals surface area contributed by atoms with Gasteiger partial charge in [0.05, 0.1) is 6.61 Å². The molecule has 0 amide bonds. The van der Waals surface area contributed by atoms with Crippen LogP contribution in [0.3, 0.4) is 0 Å². The molecule has 0 fully saturated rings. The van der Waals surface area contributed by atoms with Crippen LogP contribution in [0.4, 0.5) is 8.78 Å². The lowest BCUT2D eigenvalue weighted by atomic mass is 10.1. The quantitative estimate of drug-likeness (QED) is 0.782. The molecule has 0 aliphatic carbocycles. The molecule has 3 heterocycles. The summed E-state index contributed by atoms with van der Waals surface area (Å²) in [5.41, 5.74) is 1.40. The van der Waals surface area contributed by atoms with Gasteiger partial charge in [-0.1, -0.05) is 20.8 Å². The molecule has 0 radical (unpaired) electrons. The second-order valence-corrected chi connectivity index (χ2v) is 6.14. The first-order chi connectivity index (χ1) is 12.3. The Kier molecular flexibility index (Phi) is 6.16. The van der Waals surface area contributed by atoms with E-state index in [0.29, 0.717) is 41.3 Å². The van der Waals surface area contributed by atoms with Crippen molar-refractivity contribution >= 4 is 11.4 Å². The van der Waals surface area contributed by atoms with Crippen LogP contribution in [0, 0.1) is 6.92 Å². The van der Waals surface area contributed by atoms with Gasteiger partial charge in [0.1, 0.15) is 17.1 Å². The second-order valence-electron chi connectivity index (χ2n) is 6.14. The summed E-state index contributed by atoms with van der Waals surface area (Å²) in [5, 5.41) is 0. The van der Waals surface area contributed by atoms with E-state index in [1.807, 2.05) is 26.8 Å². The number of aromatic nitrogens is 2. The first-order valence-electron chi connectivity index (χ1n) is 9.10. The Morgan fingerprint density at radius 3 is 2.58 bits per heavy atom. The third-order valence-corrected chi connectivity index (χ3v) is 4.28. The molecule has 2 aromatic rings. The number of alkyl halides is 2. The van der Waals surface area contributed by atoms with Crippen LogP contribution in [-0.2, 0) is 17.1 Å². The summed E-state index contributed by atoms with van der Waals surface area (Å²) in [5.74, 6) is -2.41. The number of rotatable bonds is 3. The third kappa shape index (κ3) is 3.79. The standard InChI is InChI=1S/C18H20F2N2O2.C2H6/c1-4-12-9-13(18(3,19)20)10-22-16(12)21-15(11(2)17(22)23)14-7-5-6-8-24-14;1-2/h7,9-10H,4-6,8H2,1-3H3;1-2H3. The number of halogens is 2. The molecular weight excluding hydrogens is 338 g/mol. The fourth-order valence-electron chi connectivity index (χ4n) is 2.86. The average Bonchev–Trinajstić information content (AvgIpc) is 2.65. The fraction of sp³-hybridized carbons (Fsp3) is 0.500. The van der Waals surface area contributed by atoms with Crippen molar-refractivity contribution in [2.45, 2.75) is 59.8 Å². The van der Waals surface area contributed by atoms with Crippen molar-refractivity contribution in [2.75, 3.05) is 6.61 Å². The number of hydrogen-bond acceptors (Lipinski definition) is 3. The van der Waals surface area contributed by atoms with Crippen LogP contribution in [0.5, 0.6) is 0 Å². The van der Waals surface area contributed by atoms with Gasteiger partial charge in [0.25, 0.3) is 11.5 Å². The summed E-state index contributed by atoms with van der Waals surface area (Å²) >= 11 is 0. The number of ether oxygens (including phenoxy) is 1. The van der Waals surface area contributed by atoms with Gasteiger partial charge in [-0.15, -0.1) is 0 Å². The highest BCUT2D eigenvalue weighted by Gasteiger charge is 2.27. The predicted molar refractivity (Wildman–Crippen MR) is 99.7 cm³/mol. The molecule has 26 heavy (non-hydrogen) atoms. The lowest BCUT2D eigenvalue weighted by molar-refractivity contribution is 0.0169. The Bertz CT molecular complexity index is 880. The van der Waals surface area contributed by atoms with E-state index in [2.05, 4.69) is 4.98 Å². The maximum atomic E-state index is 13.7. The summed E-state index contributed by atoms with van der Waals surface area (Å²) in [4.78, 5) is 17.3. The molecule has 0 N–H and O–H groups in total. The molecule has 0 unspecified atom stereocenters. The van der Waals surface area contributed by atoms with Crippen molar-refractivity contribution in [3.05, 3.63) is 51.1 Å². The summed E-state index contributed by atoms with van der Waals surface area (Å²) in [6, 6.07) is 1.43. The number of hydrogen-bond donors (Lipinski definition) is 0. The summed E-state index contributed by atoms with van der Waals surface area (Å²) in [6.07, 6.45) is 5.43. The number of fused-ring (bicyclic) bond motifs is 1. The van der Waals surface area contributed by atoms with E-state index >= 15 is 0 Å². The highest BCUT2D eigenvalue weighted by Crippen LogP contribution is 2.29. The van der Waals surface area contributed by atoms with E-state index in [-0.39, 0.29) is 11.1 Å². The van der Waals surface area contributed by atoms with Crippen LogP contribution in [0.15, 0.2) is 23.1 Å². The molecular formula is C20H26F2N2O2. The van der Waals surface area contributed by atoms with Gasteiger partial charge in [0.15, 0.2) is 0 Å². The highest BCUT2D eigenvalue weighted by molar-refractivity contribution is 5.63. The molecule has 0 spiro atoms. The Morgan fingerprint density at radius 1 is 1.35 bits per heavy atom. The monoisotopic (exact) mass is 364 g/mol. The molecule has 1 aliphatic rings. The fourth-order valence-corrected chi connectivity index (χ4v) is 2.86. The van der Waals surface area contributed by atoms with Crippen LogP contribution < -0.4 is 5.56 Å². The first kappa shape index (κ1) is 20.1. The van der Waals surface area contributed by atoms with Crippen LogP contribution in [0.25, 0.3) is 11.4 Å². The molecule has 2 aromatic heterocycles.